The second-order valence-electron chi connectivity index (χ2n) is 3.38. The highest BCUT2D eigenvalue weighted by Crippen LogP contribution is 2.16. The number of hydrogen-bond donors (Lipinski definition) is 0. The minimum atomic E-state index is -0.206. The van der Waals surface area contributed by atoms with Gasteiger partial charge in [-0.05, 0) is 25.2 Å². The van der Waals surface area contributed by atoms with Crippen molar-refractivity contribution in [1.82, 2.24) is 4.90 Å². The first-order valence-corrected chi connectivity index (χ1v) is 5.42. The van der Waals surface area contributed by atoms with Crippen LogP contribution in [0.4, 0.5) is 4.39 Å². The van der Waals surface area contributed by atoms with Crippen molar-refractivity contribution < 1.29 is 4.39 Å². The van der Waals surface area contributed by atoms with Gasteiger partial charge in [0.05, 0.1) is 6.07 Å². The average Bonchev–Trinajstić information content (AvgIpc) is 2.20. The van der Waals surface area contributed by atoms with Crippen molar-refractivity contribution >= 4 is 15.9 Å². The number of rotatable bonds is 4. The van der Waals surface area contributed by atoms with E-state index in [4.69, 9.17) is 5.26 Å². The molecule has 2 nitrogen and oxygen atoms in total. The molecule has 80 valence electrons. The van der Waals surface area contributed by atoms with Crippen LogP contribution in [0.15, 0.2) is 22.7 Å². The van der Waals surface area contributed by atoms with Gasteiger partial charge < -0.3 is 4.90 Å². The van der Waals surface area contributed by atoms with E-state index >= 15 is 0 Å². The predicted molar refractivity (Wildman–Crippen MR) is 60.7 cm³/mol. The largest absolute Gasteiger partial charge is 0.301 e. The summed E-state index contributed by atoms with van der Waals surface area (Å²) in [5.41, 5.74) is 0.643. The molecule has 0 bridgehead atoms. The van der Waals surface area contributed by atoms with Gasteiger partial charge in [0.2, 0.25) is 0 Å². The van der Waals surface area contributed by atoms with E-state index in [0.29, 0.717) is 25.1 Å². The molecule has 1 rings (SSSR count). The van der Waals surface area contributed by atoms with E-state index in [9.17, 15) is 4.39 Å². The van der Waals surface area contributed by atoms with E-state index < -0.39 is 0 Å². The van der Waals surface area contributed by atoms with Gasteiger partial charge in [-0.15, -0.1) is 0 Å². The van der Waals surface area contributed by atoms with Gasteiger partial charge in [-0.1, -0.05) is 15.9 Å². The molecule has 0 N–H and O–H groups in total. The summed E-state index contributed by atoms with van der Waals surface area (Å²) in [5, 5.41) is 8.42. The number of nitriles is 1. The summed E-state index contributed by atoms with van der Waals surface area (Å²) < 4.78 is 14.2. The van der Waals surface area contributed by atoms with Crippen LogP contribution in [0, 0.1) is 17.1 Å². The lowest BCUT2D eigenvalue weighted by Gasteiger charge is -2.15. The zero-order valence-corrected chi connectivity index (χ0v) is 10.1. The highest BCUT2D eigenvalue weighted by Gasteiger charge is 2.05. The van der Waals surface area contributed by atoms with Crippen LogP contribution in [-0.4, -0.2) is 18.5 Å². The molecule has 1 aromatic rings. The molecule has 1 aromatic carbocycles. The van der Waals surface area contributed by atoms with Crippen LogP contribution in [0.1, 0.15) is 12.0 Å². The fourth-order valence-electron chi connectivity index (χ4n) is 1.28. The summed E-state index contributed by atoms with van der Waals surface area (Å²) in [4.78, 5) is 1.92. The lowest BCUT2D eigenvalue weighted by Crippen LogP contribution is -2.19. The van der Waals surface area contributed by atoms with Crippen LogP contribution in [0.2, 0.25) is 0 Å². The van der Waals surface area contributed by atoms with Gasteiger partial charge >= 0.3 is 0 Å². The molecule has 0 radical (unpaired) electrons. The molecule has 0 spiro atoms. The maximum atomic E-state index is 13.3. The summed E-state index contributed by atoms with van der Waals surface area (Å²) >= 11 is 3.30. The number of halogens is 2. The Morgan fingerprint density at radius 2 is 2.27 bits per heavy atom. The van der Waals surface area contributed by atoms with E-state index in [0.717, 1.165) is 4.47 Å². The van der Waals surface area contributed by atoms with Crippen LogP contribution >= 0.6 is 15.9 Å². The summed E-state index contributed by atoms with van der Waals surface area (Å²) in [6.07, 6.45) is 0.464. The second kappa shape index (κ2) is 5.84. The van der Waals surface area contributed by atoms with E-state index in [1.54, 1.807) is 12.1 Å². The van der Waals surface area contributed by atoms with Crippen molar-refractivity contribution in [2.75, 3.05) is 13.6 Å². The van der Waals surface area contributed by atoms with Crippen LogP contribution in [0.25, 0.3) is 0 Å². The van der Waals surface area contributed by atoms with Gasteiger partial charge in [-0.3, -0.25) is 0 Å². The van der Waals surface area contributed by atoms with Gasteiger partial charge in [0.15, 0.2) is 0 Å². The average molecular weight is 271 g/mol. The monoisotopic (exact) mass is 270 g/mol. The molecule has 0 aliphatic carbocycles. The first-order valence-electron chi connectivity index (χ1n) is 4.63. The molecule has 15 heavy (non-hydrogen) atoms. The molecule has 0 saturated carbocycles. The van der Waals surface area contributed by atoms with Gasteiger partial charge in [-0.25, -0.2) is 4.39 Å². The molecule has 0 amide bonds. The lowest BCUT2D eigenvalue weighted by atomic mass is 10.2. The molecule has 0 saturated heterocycles. The molecule has 0 aliphatic heterocycles. The zero-order chi connectivity index (χ0) is 11.3. The zero-order valence-electron chi connectivity index (χ0n) is 8.50. The standard InChI is InChI=1S/C11H12BrFN2/c1-15(6-2-5-14)8-9-7-10(12)3-4-11(9)13/h3-4,7H,2,6,8H2,1H3. The normalized spacial score (nSPS) is 10.3. The van der Waals surface area contributed by atoms with Gasteiger partial charge in [0, 0.05) is 29.5 Å². The van der Waals surface area contributed by atoms with E-state index in [-0.39, 0.29) is 5.82 Å². The molecule has 0 heterocycles. The molecule has 0 aliphatic rings. The second-order valence-corrected chi connectivity index (χ2v) is 4.30. The third-order valence-corrected chi connectivity index (χ3v) is 2.55. The quantitative estimate of drug-likeness (QED) is 0.841. The Morgan fingerprint density at radius 1 is 1.53 bits per heavy atom. The molecular formula is C11H12BrFN2. The van der Waals surface area contributed by atoms with Crippen molar-refractivity contribution in [3.63, 3.8) is 0 Å². The topological polar surface area (TPSA) is 27.0 Å². The first kappa shape index (κ1) is 12.2. The van der Waals surface area contributed by atoms with Crippen molar-refractivity contribution in [3.8, 4) is 6.07 Å². The lowest BCUT2D eigenvalue weighted by molar-refractivity contribution is 0.329. The fraction of sp³-hybridized carbons (Fsp3) is 0.364. The Hall–Kier alpha value is -0.920. The predicted octanol–water partition coefficient (Wildman–Crippen LogP) is 2.93. The molecule has 0 unspecified atom stereocenters. The van der Waals surface area contributed by atoms with E-state index in [2.05, 4.69) is 22.0 Å². The SMILES string of the molecule is CN(CCC#N)Cc1cc(Br)ccc1F. The smallest absolute Gasteiger partial charge is 0.127 e. The minimum absolute atomic E-state index is 0.206. The Morgan fingerprint density at radius 3 is 2.93 bits per heavy atom. The van der Waals surface area contributed by atoms with E-state index in [1.165, 1.54) is 6.07 Å². The summed E-state index contributed by atoms with van der Waals surface area (Å²) in [6, 6.07) is 6.94. The van der Waals surface area contributed by atoms with Crippen LogP contribution in [0.5, 0.6) is 0 Å². The molecule has 0 atom stereocenters. The Kier molecular flexibility index (Phi) is 4.73. The minimum Gasteiger partial charge on any atom is -0.301 e. The highest BCUT2D eigenvalue weighted by molar-refractivity contribution is 9.10. The van der Waals surface area contributed by atoms with Crippen LogP contribution < -0.4 is 0 Å². The highest BCUT2D eigenvalue weighted by atomic mass is 79.9. The maximum Gasteiger partial charge on any atom is 0.127 e. The van der Waals surface area contributed by atoms with Gasteiger partial charge in [0.1, 0.15) is 5.82 Å². The van der Waals surface area contributed by atoms with Crippen molar-refractivity contribution in [2.24, 2.45) is 0 Å². The Bertz CT molecular complexity index is 373. The van der Waals surface area contributed by atoms with Crippen molar-refractivity contribution in [3.05, 3.63) is 34.1 Å². The fourth-order valence-corrected chi connectivity index (χ4v) is 1.68. The number of nitrogens with zero attached hydrogens (tertiary/aromatic N) is 2. The van der Waals surface area contributed by atoms with Crippen LogP contribution in [0.3, 0.4) is 0 Å². The maximum absolute atomic E-state index is 13.3. The molecule has 4 heteroatoms. The molecular weight excluding hydrogens is 259 g/mol. The van der Waals surface area contributed by atoms with Gasteiger partial charge in [0.25, 0.3) is 0 Å². The van der Waals surface area contributed by atoms with Crippen molar-refractivity contribution in [2.45, 2.75) is 13.0 Å². The number of hydrogen-bond acceptors (Lipinski definition) is 2. The number of benzene rings is 1. The summed E-state index contributed by atoms with van der Waals surface area (Å²) in [7, 11) is 1.87. The van der Waals surface area contributed by atoms with E-state index in [1.807, 2.05) is 11.9 Å². The summed E-state index contributed by atoms with van der Waals surface area (Å²) in [6.45, 7) is 1.18. The molecule has 0 aromatic heterocycles. The molecule has 0 fully saturated rings. The first-order chi connectivity index (χ1) is 7.13. The van der Waals surface area contributed by atoms with Crippen molar-refractivity contribution in [1.29, 1.82) is 5.26 Å². The Balaban J connectivity index is 2.64. The Labute approximate surface area is 97.4 Å². The third-order valence-electron chi connectivity index (χ3n) is 2.05. The third kappa shape index (κ3) is 3.98. The van der Waals surface area contributed by atoms with Crippen LogP contribution in [-0.2, 0) is 6.54 Å². The van der Waals surface area contributed by atoms with Gasteiger partial charge in [-0.2, -0.15) is 5.26 Å². The summed E-state index contributed by atoms with van der Waals surface area (Å²) in [5.74, 6) is -0.206.